The van der Waals surface area contributed by atoms with Crippen LogP contribution >= 0.6 is 0 Å². The van der Waals surface area contributed by atoms with Crippen LogP contribution < -0.4 is 5.32 Å². The zero-order chi connectivity index (χ0) is 18.1. The van der Waals surface area contributed by atoms with Gasteiger partial charge in [0.2, 0.25) is 0 Å². The number of nitrogens with one attached hydrogen (secondary N) is 2. The lowest BCUT2D eigenvalue weighted by atomic mass is 10.00. The van der Waals surface area contributed by atoms with Crippen LogP contribution in [0, 0.1) is 0 Å². The Morgan fingerprint density at radius 2 is 1.85 bits per heavy atom. The van der Waals surface area contributed by atoms with Gasteiger partial charge in [-0.3, -0.25) is 0 Å². The van der Waals surface area contributed by atoms with Gasteiger partial charge in [0.05, 0.1) is 22.8 Å². The lowest BCUT2D eigenvalue weighted by Crippen LogP contribution is -2.15. The molecule has 4 rings (SSSR count). The Kier molecular flexibility index (Phi) is 4.23. The van der Waals surface area contributed by atoms with Gasteiger partial charge in [0.25, 0.3) is 0 Å². The van der Waals surface area contributed by atoms with E-state index in [2.05, 4.69) is 25.3 Å². The van der Waals surface area contributed by atoms with Crippen LogP contribution in [0.3, 0.4) is 0 Å². The lowest BCUT2D eigenvalue weighted by molar-refractivity contribution is -0.137. The fourth-order valence-corrected chi connectivity index (χ4v) is 2.93. The van der Waals surface area contributed by atoms with Crippen molar-refractivity contribution in [3.05, 3.63) is 42.0 Å². The van der Waals surface area contributed by atoms with Gasteiger partial charge < -0.3 is 15.0 Å². The van der Waals surface area contributed by atoms with Gasteiger partial charge in [0.15, 0.2) is 0 Å². The molecular formula is C17H16F3N5O. The summed E-state index contributed by atoms with van der Waals surface area (Å²) in [5.74, 6) is 2.00. The molecule has 0 spiro atoms. The van der Waals surface area contributed by atoms with Crippen molar-refractivity contribution in [1.29, 1.82) is 0 Å². The summed E-state index contributed by atoms with van der Waals surface area (Å²) < 4.78 is 43.1. The first-order chi connectivity index (χ1) is 12.5. The van der Waals surface area contributed by atoms with Gasteiger partial charge in [-0.1, -0.05) is 0 Å². The summed E-state index contributed by atoms with van der Waals surface area (Å²) in [6, 6.07) is 3.99. The Bertz CT molecular complexity index is 901. The largest absolute Gasteiger partial charge is 0.417 e. The van der Waals surface area contributed by atoms with Crippen LogP contribution in [0.25, 0.3) is 11.0 Å². The fraction of sp³-hybridized carbons (Fsp3) is 0.353. The normalized spacial score (nSPS) is 16.1. The van der Waals surface area contributed by atoms with E-state index >= 15 is 0 Å². The minimum Gasteiger partial charge on any atom is -0.381 e. The maximum atomic E-state index is 12.6. The quantitative estimate of drug-likeness (QED) is 0.735. The number of halogens is 3. The van der Waals surface area contributed by atoms with Gasteiger partial charge in [0, 0.05) is 31.4 Å². The molecule has 0 aromatic carbocycles. The molecule has 6 nitrogen and oxygen atoms in total. The summed E-state index contributed by atoms with van der Waals surface area (Å²) in [5, 5.41) is 2.90. The smallest absolute Gasteiger partial charge is 0.381 e. The zero-order valence-electron chi connectivity index (χ0n) is 13.7. The van der Waals surface area contributed by atoms with Gasteiger partial charge in [0.1, 0.15) is 17.5 Å². The van der Waals surface area contributed by atoms with Crippen LogP contribution in [0.2, 0.25) is 0 Å². The minimum absolute atomic E-state index is 0.282. The SMILES string of the molecule is FC(F)(F)c1ccc(Nc2cc3nc(C4CCOCC4)[nH]c3cn2)nc1. The number of hydrogen-bond acceptors (Lipinski definition) is 5. The first-order valence-corrected chi connectivity index (χ1v) is 8.23. The highest BCUT2D eigenvalue weighted by Crippen LogP contribution is 2.30. The van der Waals surface area contributed by atoms with Crippen molar-refractivity contribution in [1.82, 2.24) is 19.9 Å². The molecule has 3 aromatic heterocycles. The molecule has 0 atom stereocenters. The number of imidazole rings is 1. The Hall–Kier alpha value is -2.68. The van der Waals surface area contributed by atoms with Gasteiger partial charge in [-0.15, -0.1) is 0 Å². The van der Waals surface area contributed by atoms with Crippen molar-refractivity contribution >= 4 is 22.7 Å². The Morgan fingerprint density at radius 3 is 2.54 bits per heavy atom. The molecule has 0 saturated carbocycles. The summed E-state index contributed by atoms with van der Waals surface area (Å²) >= 11 is 0. The molecule has 1 saturated heterocycles. The number of alkyl halides is 3. The number of H-pyrrole nitrogens is 1. The van der Waals surface area contributed by atoms with Crippen LogP contribution in [0.15, 0.2) is 30.6 Å². The second kappa shape index (κ2) is 6.56. The summed E-state index contributed by atoms with van der Waals surface area (Å²) in [4.78, 5) is 16.0. The number of fused-ring (bicyclic) bond motifs is 1. The van der Waals surface area contributed by atoms with Gasteiger partial charge in [-0.2, -0.15) is 13.2 Å². The number of nitrogens with zero attached hydrogens (tertiary/aromatic N) is 3. The van der Waals surface area contributed by atoms with E-state index in [1.54, 1.807) is 12.3 Å². The molecule has 2 N–H and O–H groups in total. The second-order valence-electron chi connectivity index (χ2n) is 6.15. The van der Waals surface area contributed by atoms with Crippen molar-refractivity contribution in [3.8, 4) is 0 Å². The average Bonchev–Trinajstić information content (AvgIpc) is 3.05. The van der Waals surface area contributed by atoms with Crippen LogP contribution in [0.5, 0.6) is 0 Å². The highest BCUT2D eigenvalue weighted by molar-refractivity contribution is 5.78. The average molecular weight is 363 g/mol. The first-order valence-electron chi connectivity index (χ1n) is 8.23. The highest BCUT2D eigenvalue weighted by atomic mass is 19.4. The molecule has 0 aliphatic carbocycles. The number of rotatable bonds is 3. The van der Waals surface area contributed by atoms with Gasteiger partial charge in [-0.25, -0.2) is 15.0 Å². The summed E-state index contributed by atoms with van der Waals surface area (Å²) in [5.41, 5.74) is 0.771. The topological polar surface area (TPSA) is 75.7 Å². The molecular weight excluding hydrogens is 347 g/mol. The number of pyridine rings is 2. The molecule has 3 aromatic rings. The molecule has 0 unspecified atom stereocenters. The van der Waals surface area contributed by atoms with Crippen molar-refractivity contribution < 1.29 is 17.9 Å². The molecule has 1 aliphatic heterocycles. The molecule has 0 bridgehead atoms. The molecule has 4 heterocycles. The van der Waals surface area contributed by atoms with E-state index in [1.165, 1.54) is 6.07 Å². The van der Waals surface area contributed by atoms with Crippen LogP contribution in [0.1, 0.15) is 30.1 Å². The van der Waals surface area contributed by atoms with E-state index in [4.69, 9.17) is 4.74 Å². The van der Waals surface area contributed by atoms with Crippen molar-refractivity contribution in [2.75, 3.05) is 18.5 Å². The maximum absolute atomic E-state index is 12.6. The molecule has 26 heavy (non-hydrogen) atoms. The Labute approximate surface area is 146 Å². The van der Waals surface area contributed by atoms with Crippen molar-refractivity contribution in [2.24, 2.45) is 0 Å². The van der Waals surface area contributed by atoms with E-state index in [9.17, 15) is 13.2 Å². The standard InChI is InChI=1S/C17H16F3N5O/c18-17(19,20)11-1-2-14(21-8-11)25-15-7-12-13(9-22-15)24-16(23-12)10-3-5-26-6-4-10/h1-2,7-10H,3-6H2,(H,23,24)(H,21,22,25). The summed E-state index contributed by atoms with van der Waals surface area (Å²) in [7, 11) is 0. The first kappa shape index (κ1) is 16.8. The molecule has 136 valence electrons. The third kappa shape index (κ3) is 3.48. The zero-order valence-corrected chi connectivity index (χ0v) is 13.7. The minimum atomic E-state index is -4.40. The monoisotopic (exact) mass is 363 g/mol. The molecule has 9 heteroatoms. The molecule has 0 amide bonds. The van der Waals surface area contributed by atoms with Crippen LogP contribution in [0.4, 0.5) is 24.8 Å². The van der Waals surface area contributed by atoms with E-state index in [0.717, 1.165) is 55.2 Å². The van der Waals surface area contributed by atoms with Crippen LogP contribution in [-0.2, 0) is 10.9 Å². The van der Waals surface area contributed by atoms with Crippen LogP contribution in [-0.4, -0.2) is 33.1 Å². The fourth-order valence-electron chi connectivity index (χ4n) is 2.93. The summed E-state index contributed by atoms with van der Waals surface area (Å²) in [6.07, 6.45) is -0.115. The number of ether oxygens (including phenoxy) is 1. The number of aromatic amines is 1. The number of anilines is 2. The van der Waals surface area contributed by atoms with E-state index < -0.39 is 11.7 Å². The van der Waals surface area contributed by atoms with E-state index in [-0.39, 0.29) is 5.82 Å². The predicted octanol–water partition coefficient (Wildman–Crippen LogP) is 4.01. The van der Waals surface area contributed by atoms with E-state index in [1.807, 2.05) is 0 Å². The lowest BCUT2D eigenvalue weighted by Gasteiger charge is -2.19. The van der Waals surface area contributed by atoms with Gasteiger partial charge in [-0.05, 0) is 25.0 Å². The predicted molar refractivity (Wildman–Crippen MR) is 89.2 cm³/mol. The molecule has 1 fully saturated rings. The van der Waals surface area contributed by atoms with Crippen molar-refractivity contribution in [3.63, 3.8) is 0 Å². The second-order valence-corrected chi connectivity index (χ2v) is 6.15. The third-order valence-corrected chi connectivity index (χ3v) is 4.34. The highest BCUT2D eigenvalue weighted by Gasteiger charge is 2.30. The summed E-state index contributed by atoms with van der Waals surface area (Å²) in [6.45, 7) is 1.46. The maximum Gasteiger partial charge on any atom is 0.417 e. The molecule has 0 radical (unpaired) electrons. The van der Waals surface area contributed by atoms with Gasteiger partial charge >= 0.3 is 6.18 Å². The van der Waals surface area contributed by atoms with E-state index in [0.29, 0.717) is 11.7 Å². The van der Waals surface area contributed by atoms with Crippen molar-refractivity contribution in [2.45, 2.75) is 24.9 Å². The number of aromatic nitrogens is 4. The molecule has 1 aliphatic rings. The number of hydrogen-bond donors (Lipinski definition) is 2. The Morgan fingerprint density at radius 1 is 1.08 bits per heavy atom. The Balaban J connectivity index is 1.53. The third-order valence-electron chi connectivity index (χ3n) is 4.34.